The van der Waals surface area contributed by atoms with Crippen LogP contribution in [0.15, 0.2) is 12.4 Å². The highest BCUT2D eigenvalue weighted by Gasteiger charge is 2.21. The summed E-state index contributed by atoms with van der Waals surface area (Å²) in [6, 6.07) is -0.122. The van der Waals surface area contributed by atoms with Crippen LogP contribution in [-0.2, 0) is 13.1 Å². The summed E-state index contributed by atoms with van der Waals surface area (Å²) in [5, 5.41) is 12.5. The summed E-state index contributed by atoms with van der Waals surface area (Å²) in [6.45, 7) is 6.75. The molecular formula is C14H24N4O2. The molecule has 0 bridgehead atoms. The molecule has 0 spiro atoms. The van der Waals surface area contributed by atoms with Crippen molar-refractivity contribution >= 4 is 6.03 Å². The molecule has 0 saturated carbocycles. The Kier molecular flexibility index (Phi) is 5.00. The number of hydrogen-bond donors (Lipinski definition) is 2. The molecule has 2 rings (SSSR count). The second-order valence-corrected chi connectivity index (χ2v) is 5.79. The SMILES string of the molecule is CC(C)Cn1ccnc1CNC(=O)N1CCC[C@H](O)C1. The number of likely N-dealkylation sites (tertiary alicyclic amines) is 1. The second kappa shape index (κ2) is 6.74. The highest BCUT2D eigenvalue weighted by molar-refractivity contribution is 5.74. The zero-order valence-corrected chi connectivity index (χ0v) is 12.2. The number of imidazole rings is 1. The Morgan fingerprint density at radius 2 is 2.40 bits per heavy atom. The van der Waals surface area contributed by atoms with Crippen LogP contribution < -0.4 is 5.32 Å². The van der Waals surface area contributed by atoms with Crippen LogP contribution in [0.2, 0.25) is 0 Å². The summed E-state index contributed by atoms with van der Waals surface area (Å²) in [6.07, 6.45) is 4.94. The van der Waals surface area contributed by atoms with Gasteiger partial charge >= 0.3 is 6.03 Å². The van der Waals surface area contributed by atoms with Crippen molar-refractivity contribution in [3.8, 4) is 0 Å². The van der Waals surface area contributed by atoms with E-state index in [1.165, 1.54) is 0 Å². The first-order chi connectivity index (χ1) is 9.56. The molecule has 2 N–H and O–H groups in total. The molecule has 6 heteroatoms. The first-order valence-corrected chi connectivity index (χ1v) is 7.27. The van der Waals surface area contributed by atoms with Crippen LogP contribution >= 0.6 is 0 Å². The van der Waals surface area contributed by atoms with E-state index in [-0.39, 0.29) is 6.03 Å². The lowest BCUT2D eigenvalue weighted by atomic mass is 10.1. The van der Waals surface area contributed by atoms with Gasteiger partial charge in [0.25, 0.3) is 0 Å². The molecule has 1 aliphatic heterocycles. The van der Waals surface area contributed by atoms with Crippen LogP contribution in [0.3, 0.4) is 0 Å². The van der Waals surface area contributed by atoms with Gasteiger partial charge in [0, 0.05) is 32.0 Å². The van der Waals surface area contributed by atoms with Crippen LogP contribution in [-0.4, -0.2) is 44.8 Å². The number of nitrogens with zero attached hydrogens (tertiary/aromatic N) is 3. The molecule has 1 aliphatic rings. The van der Waals surface area contributed by atoms with Gasteiger partial charge in [-0.3, -0.25) is 0 Å². The smallest absolute Gasteiger partial charge is 0.317 e. The van der Waals surface area contributed by atoms with Crippen molar-refractivity contribution in [2.75, 3.05) is 13.1 Å². The molecule has 1 saturated heterocycles. The fourth-order valence-corrected chi connectivity index (χ4v) is 2.47. The van der Waals surface area contributed by atoms with Crippen molar-refractivity contribution in [3.05, 3.63) is 18.2 Å². The van der Waals surface area contributed by atoms with Crippen LogP contribution in [0.4, 0.5) is 4.79 Å². The number of carbonyl (C=O) groups excluding carboxylic acids is 1. The minimum Gasteiger partial charge on any atom is -0.391 e. The molecule has 1 fully saturated rings. The molecule has 2 amide bonds. The summed E-state index contributed by atoms with van der Waals surface area (Å²) >= 11 is 0. The summed E-state index contributed by atoms with van der Waals surface area (Å²) in [4.78, 5) is 18.0. The van der Waals surface area contributed by atoms with Gasteiger partial charge in [0.2, 0.25) is 0 Å². The lowest BCUT2D eigenvalue weighted by Crippen LogP contribution is -2.47. The van der Waals surface area contributed by atoms with Gasteiger partial charge in [0.05, 0.1) is 12.6 Å². The average Bonchev–Trinajstić information content (AvgIpc) is 2.82. The van der Waals surface area contributed by atoms with Gasteiger partial charge in [-0.15, -0.1) is 0 Å². The molecule has 2 heterocycles. The maximum absolute atomic E-state index is 12.0. The van der Waals surface area contributed by atoms with E-state index in [2.05, 4.69) is 28.7 Å². The molecule has 20 heavy (non-hydrogen) atoms. The fourth-order valence-electron chi connectivity index (χ4n) is 2.47. The van der Waals surface area contributed by atoms with Gasteiger partial charge in [-0.05, 0) is 18.8 Å². The van der Waals surface area contributed by atoms with Crippen LogP contribution in [0, 0.1) is 5.92 Å². The number of piperidine rings is 1. The lowest BCUT2D eigenvalue weighted by Gasteiger charge is -2.30. The van der Waals surface area contributed by atoms with Gasteiger partial charge in [-0.2, -0.15) is 0 Å². The largest absolute Gasteiger partial charge is 0.391 e. The quantitative estimate of drug-likeness (QED) is 0.871. The summed E-state index contributed by atoms with van der Waals surface area (Å²) in [5.74, 6) is 1.40. The first-order valence-electron chi connectivity index (χ1n) is 7.27. The number of aromatic nitrogens is 2. The predicted octanol–water partition coefficient (Wildman–Crippen LogP) is 1.21. The van der Waals surface area contributed by atoms with Gasteiger partial charge in [0.1, 0.15) is 5.82 Å². The highest BCUT2D eigenvalue weighted by atomic mass is 16.3. The molecule has 1 aromatic rings. The average molecular weight is 280 g/mol. The summed E-state index contributed by atoms with van der Waals surface area (Å²) < 4.78 is 2.07. The Morgan fingerprint density at radius 3 is 3.10 bits per heavy atom. The molecule has 0 aliphatic carbocycles. The van der Waals surface area contributed by atoms with E-state index >= 15 is 0 Å². The van der Waals surface area contributed by atoms with Crippen molar-refractivity contribution in [2.45, 2.75) is 45.9 Å². The van der Waals surface area contributed by atoms with Crippen molar-refractivity contribution in [1.82, 2.24) is 19.8 Å². The van der Waals surface area contributed by atoms with Crippen LogP contribution in [0.5, 0.6) is 0 Å². The number of β-amino-alcohol motifs (C(OH)–C–C–N with tert-alkyl or cyclic N) is 1. The van der Waals surface area contributed by atoms with Crippen molar-refractivity contribution in [2.24, 2.45) is 5.92 Å². The zero-order valence-electron chi connectivity index (χ0n) is 12.2. The van der Waals surface area contributed by atoms with Gasteiger partial charge in [-0.25, -0.2) is 9.78 Å². The van der Waals surface area contributed by atoms with Crippen LogP contribution in [0.25, 0.3) is 0 Å². The van der Waals surface area contributed by atoms with E-state index in [1.54, 1.807) is 11.1 Å². The Hall–Kier alpha value is -1.56. The maximum atomic E-state index is 12.0. The molecule has 0 radical (unpaired) electrons. The summed E-state index contributed by atoms with van der Waals surface area (Å²) in [5.41, 5.74) is 0. The number of nitrogens with one attached hydrogen (secondary N) is 1. The second-order valence-electron chi connectivity index (χ2n) is 5.79. The molecule has 1 aromatic heterocycles. The number of amides is 2. The van der Waals surface area contributed by atoms with E-state index < -0.39 is 6.10 Å². The molecule has 0 unspecified atom stereocenters. The summed E-state index contributed by atoms with van der Waals surface area (Å²) in [7, 11) is 0. The number of carbonyl (C=O) groups is 1. The third kappa shape index (κ3) is 3.96. The highest BCUT2D eigenvalue weighted by Crippen LogP contribution is 2.10. The topological polar surface area (TPSA) is 70.4 Å². The fraction of sp³-hybridized carbons (Fsp3) is 0.714. The monoisotopic (exact) mass is 280 g/mol. The lowest BCUT2D eigenvalue weighted by molar-refractivity contribution is 0.0841. The van der Waals surface area contributed by atoms with E-state index in [4.69, 9.17) is 0 Å². The number of rotatable bonds is 4. The molecule has 112 valence electrons. The van der Waals surface area contributed by atoms with E-state index in [1.807, 2.05) is 6.20 Å². The Balaban J connectivity index is 1.85. The van der Waals surface area contributed by atoms with E-state index in [0.29, 0.717) is 25.6 Å². The first kappa shape index (κ1) is 14.8. The minimum absolute atomic E-state index is 0.122. The minimum atomic E-state index is -0.391. The third-order valence-electron chi connectivity index (χ3n) is 3.45. The number of urea groups is 1. The molecular weight excluding hydrogens is 256 g/mol. The molecule has 0 aromatic carbocycles. The number of hydrogen-bond acceptors (Lipinski definition) is 3. The zero-order chi connectivity index (χ0) is 14.5. The number of aliphatic hydroxyl groups is 1. The van der Waals surface area contributed by atoms with Gasteiger partial charge < -0.3 is 19.9 Å². The molecule has 6 nitrogen and oxygen atoms in total. The Labute approximate surface area is 119 Å². The van der Waals surface area contributed by atoms with Gasteiger partial charge in [-0.1, -0.05) is 13.8 Å². The predicted molar refractivity (Wildman–Crippen MR) is 76.1 cm³/mol. The van der Waals surface area contributed by atoms with E-state index in [9.17, 15) is 9.90 Å². The number of aliphatic hydroxyl groups excluding tert-OH is 1. The van der Waals surface area contributed by atoms with E-state index in [0.717, 1.165) is 25.2 Å². The standard InChI is InChI=1S/C14H24N4O2/c1-11(2)9-17-7-5-15-13(17)8-16-14(20)18-6-3-4-12(19)10-18/h5,7,11-12,19H,3-4,6,8-10H2,1-2H3,(H,16,20)/t12-/m0/s1. The Bertz CT molecular complexity index is 444. The van der Waals surface area contributed by atoms with Gasteiger partial charge in [0.15, 0.2) is 0 Å². The normalized spacial score (nSPS) is 19.4. The molecule has 1 atom stereocenters. The van der Waals surface area contributed by atoms with Crippen molar-refractivity contribution in [3.63, 3.8) is 0 Å². The third-order valence-corrected chi connectivity index (χ3v) is 3.45. The Morgan fingerprint density at radius 1 is 1.60 bits per heavy atom. The maximum Gasteiger partial charge on any atom is 0.317 e. The van der Waals surface area contributed by atoms with Crippen molar-refractivity contribution in [1.29, 1.82) is 0 Å². The van der Waals surface area contributed by atoms with Crippen LogP contribution in [0.1, 0.15) is 32.5 Å². The van der Waals surface area contributed by atoms with Crippen molar-refractivity contribution < 1.29 is 9.90 Å².